The van der Waals surface area contributed by atoms with Crippen LogP contribution in [0.1, 0.15) is 17.2 Å². The van der Waals surface area contributed by atoms with Gasteiger partial charge in [0.2, 0.25) is 0 Å². The Kier molecular flexibility index (Phi) is 5.01. The van der Waals surface area contributed by atoms with Crippen LogP contribution in [0.4, 0.5) is 4.39 Å². The molecule has 0 aliphatic heterocycles. The third-order valence-electron chi connectivity index (χ3n) is 2.72. The average molecular weight is 408 g/mol. The van der Waals surface area contributed by atoms with Gasteiger partial charge in [-0.1, -0.05) is 39.7 Å². The van der Waals surface area contributed by atoms with Crippen molar-refractivity contribution in [1.29, 1.82) is 0 Å². The topological polar surface area (TPSA) is 20.2 Å². The fourth-order valence-electron chi connectivity index (χ4n) is 1.79. The summed E-state index contributed by atoms with van der Waals surface area (Å²) >= 11 is 12.4. The van der Waals surface area contributed by atoms with E-state index in [4.69, 9.17) is 11.6 Å². The number of benzene rings is 2. The lowest BCUT2D eigenvalue weighted by atomic mass is 10.0. The van der Waals surface area contributed by atoms with Crippen LogP contribution in [0.15, 0.2) is 45.3 Å². The molecule has 1 atom stereocenters. The number of aliphatic hydroxyl groups excluding tert-OH is 1. The minimum Gasteiger partial charge on any atom is -0.388 e. The maximum atomic E-state index is 13.8. The molecular weight excluding hydrogens is 398 g/mol. The molecule has 100 valence electrons. The summed E-state index contributed by atoms with van der Waals surface area (Å²) in [6.45, 7) is 0. The zero-order valence-corrected chi connectivity index (χ0v) is 13.6. The molecule has 1 N–H and O–H groups in total. The minimum absolute atomic E-state index is 0.202. The van der Waals surface area contributed by atoms with Gasteiger partial charge in [0.15, 0.2) is 0 Å². The van der Waals surface area contributed by atoms with Crippen molar-refractivity contribution in [3.63, 3.8) is 0 Å². The number of aliphatic hydroxyl groups is 1. The molecule has 5 heteroatoms. The van der Waals surface area contributed by atoms with Gasteiger partial charge >= 0.3 is 0 Å². The van der Waals surface area contributed by atoms with Crippen LogP contribution >= 0.6 is 43.5 Å². The first-order valence-electron chi connectivity index (χ1n) is 5.54. The molecule has 0 aliphatic rings. The standard InChI is InChI=1S/C14H10Br2ClFO/c15-9-3-1-2-8(4-9)5-14(19)10-6-12(17)11(16)7-13(10)18/h1-4,6-7,14,19H,5H2. The lowest BCUT2D eigenvalue weighted by Crippen LogP contribution is -2.04. The lowest BCUT2D eigenvalue weighted by Gasteiger charge is -2.13. The summed E-state index contributed by atoms with van der Waals surface area (Å²) < 4.78 is 15.2. The van der Waals surface area contributed by atoms with Crippen LogP contribution in [0.25, 0.3) is 0 Å². The van der Waals surface area contributed by atoms with E-state index in [9.17, 15) is 9.50 Å². The van der Waals surface area contributed by atoms with E-state index in [1.54, 1.807) is 0 Å². The lowest BCUT2D eigenvalue weighted by molar-refractivity contribution is 0.173. The monoisotopic (exact) mass is 406 g/mol. The van der Waals surface area contributed by atoms with Gasteiger partial charge in [0.05, 0.1) is 11.1 Å². The van der Waals surface area contributed by atoms with Gasteiger partial charge in [0, 0.05) is 20.9 Å². The summed E-state index contributed by atoms with van der Waals surface area (Å²) in [5.41, 5.74) is 1.12. The highest BCUT2D eigenvalue weighted by Crippen LogP contribution is 2.30. The van der Waals surface area contributed by atoms with Gasteiger partial charge in [-0.05, 0) is 45.8 Å². The average Bonchev–Trinajstić information content (AvgIpc) is 2.33. The SMILES string of the molecule is OC(Cc1cccc(Br)c1)c1cc(Cl)c(Br)cc1F. The maximum Gasteiger partial charge on any atom is 0.130 e. The Morgan fingerprint density at radius 3 is 2.63 bits per heavy atom. The third kappa shape index (κ3) is 3.78. The highest BCUT2D eigenvalue weighted by molar-refractivity contribution is 9.10. The van der Waals surface area contributed by atoms with E-state index in [2.05, 4.69) is 31.9 Å². The van der Waals surface area contributed by atoms with Crippen LogP contribution in [-0.2, 0) is 6.42 Å². The quantitative estimate of drug-likeness (QED) is 0.685. The summed E-state index contributed by atoms with van der Waals surface area (Å²) in [4.78, 5) is 0. The Balaban J connectivity index is 2.25. The molecule has 0 spiro atoms. The molecule has 0 radical (unpaired) electrons. The van der Waals surface area contributed by atoms with Gasteiger partial charge < -0.3 is 5.11 Å². The first kappa shape index (κ1) is 15.0. The first-order valence-corrected chi connectivity index (χ1v) is 7.50. The highest BCUT2D eigenvalue weighted by Gasteiger charge is 2.16. The molecule has 2 rings (SSSR count). The normalized spacial score (nSPS) is 12.5. The smallest absolute Gasteiger partial charge is 0.130 e. The predicted molar refractivity (Wildman–Crippen MR) is 81.9 cm³/mol. The summed E-state index contributed by atoms with van der Waals surface area (Å²) in [6.07, 6.45) is -0.603. The molecule has 0 saturated heterocycles. The van der Waals surface area contributed by atoms with Crippen LogP contribution in [0, 0.1) is 5.82 Å². The Morgan fingerprint density at radius 2 is 1.95 bits per heavy atom. The van der Waals surface area contributed by atoms with Crippen molar-refractivity contribution in [2.24, 2.45) is 0 Å². The summed E-state index contributed by atoms with van der Waals surface area (Å²) in [5.74, 6) is -0.473. The van der Waals surface area contributed by atoms with Crippen molar-refractivity contribution in [3.8, 4) is 0 Å². The van der Waals surface area contributed by atoms with E-state index in [0.717, 1.165) is 10.0 Å². The third-order valence-corrected chi connectivity index (χ3v) is 4.41. The second-order valence-corrected chi connectivity index (χ2v) is 6.31. The number of rotatable bonds is 3. The van der Waals surface area contributed by atoms with Crippen molar-refractivity contribution in [2.75, 3.05) is 0 Å². The van der Waals surface area contributed by atoms with Crippen LogP contribution < -0.4 is 0 Å². The summed E-state index contributed by atoms with van der Waals surface area (Å²) in [6, 6.07) is 10.3. The van der Waals surface area contributed by atoms with Crippen molar-refractivity contribution >= 4 is 43.5 Å². The number of hydrogen-bond donors (Lipinski definition) is 1. The molecule has 1 nitrogen and oxygen atoms in total. The van der Waals surface area contributed by atoms with Crippen molar-refractivity contribution in [2.45, 2.75) is 12.5 Å². The van der Waals surface area contributed by atoms with Crippen molar-refractivity contribution in [3.05, 3.63) is 67.3 Å². The maximum absolute atomic E-state index is 13.8. The zero-order valence-electron chi connectivity index (χ0n) is 9.71. The molecular formula is C14H10Br2ClFO. The first-order chi connectivity index (χ1) is 8.97. The molecule has 2 aromatic rings. The molecule has 0 amide bonds. The van der Waals surface area contributed by atoms with Gasteiger partial charge in [-0.2, -0.15) is 0 Å². The van der Waals surface area contributed by atoms with Crippen LogP contribution in [0.5, 0.6) is 0 Å². The molecule has 0 aromatic heterocycles. The molecule has 0 fully saturated rings. The summed E-state index contributed by atoms with van der Waals surface area (Å²) in [7, 11) is 0. The van der Waals surface area contributed by atoms with Gasteiger partial charge in [0.25, 0.3) is 0 Å². The molecule has 0 bridgehead atoms. The van der Waals surface area contributed by atoms with Gasteiger partial charge in [-0.15, -0.1) is 0 Å². The van der Waals surface area contributed by atoms with E-state index in [-0.39, 0.29) is 5.56 Å². The van der Waals surface area contributed by atoms with E-state index < -0.39 is 11.9 Å². The van der Waals surface area contributed by atoms with Gasteiger partial charge in [-0.3, -0.25) is 0 Å². The highest BCUT2D eigenvalue weighted by atomic mass is 79.9. The molecule has 0 saturated carbocycles. The van der Waals surface area contributed by atoms with E-state index >= 15 is 0 Å². The predicted octanol–water partition coefficient (Wildman–Crippen LogP) is 5.28. The summed E-state index contributed by atoms with van der Waals surface area (Å²) in [5, 5.41) is 10.5. The van der Waals surface area contributed by atoms with Crippen LogP contribution in [0.2, 0.25) is 5.02 Å². The number of hydrogen-bond acceptors (Lipinski definition) is 1. The van der Waals surface area contributed by atoms with Crippen molar-refractivity contribution < 1.29 is 9.50 Å². The van der Waals surface area contributed by atoms with Crippen LogP contribution in [-0.4, -0.2) is 5.11 Å². The van der Waals surface area contributed by atoms with E-state index in [1.165, 1.54) is 12.1 Å². The molecule has 1 unspecified atom stereocenters. The van der Waals surface area contributed by atoms with Crippen molar-refractivity contribution in [1.82, 2.24) is 0 Å². The molecule has 19 heavy (non-hydrogen) atoms. The Hall–Kier alpha value is -0.420. The second kappa shape index (κ2) is 6.35. The fourth-order valence-corrected chi connectivity index (χ4v) is 2.72. The fraction of sp³-hybridized carbons (Fsp3) is 0.143. The minimum atomic E-state index is -0.931. The Morgan fingerprint density at radius 1 is 1.21 bits per heavy atom. The van der Waals surface area contributed by atoms with Gasteiger partial charge in [-0.25, -0.2) is 4.39 Å². The van der Waals surface area contributed by atoms with E-state index in [0.29, 0.717) is 15.9 Å². The van der Waals surface area contributed by atoms with Crippen LogP contribution in [0.3, 0.4) is 0 Å². The second-order valence-electron chi connectivity index (χ2n) is 4.14. The molecule has 0 aliphatic carbocycles. The zero-order chi connectivity index (χ0) is 14.0. The number of halogens is 4. The van der Waals surface area contributed by atoms with Gasteiger partial charge in [0.1, 0.15) is 5.82 Å². The Labute approximate surface area is 132 Å². The molecule has 0 heterocycles. The van der Waals surface area contributed by atoms with E-state index in [1.807, 2.05) is 24.3 Å². The Bertz CT molecular complexity index is 604. The largest absolute Gasteiger partial charge is 0.388 e. The molecule has 2 aromatic carbocycles.